The Morgan fingerprint density at radius 1 is 0.676 bits per heavy atom. The number of ketones is 1. The third kappa shape index (κ3) is 22.3. The summed E-state index contributed by atoms with van der Waals surface area (Å²) in [5, 5.41) is 16.6. The molecule has 214 valence electrons. The van der Waals surface area contributed by atoms with Crippen LogP contribution >= 0.6 is 0 Å². The minimum absolute atomic E-state index is 0.00621. The zero-order valence-corrected chi connectivity index (χ0v) is 22.2. The summed E-state index contributed by atoms with van der Waals surface area (Å²) >= 11 is 0. The Bertz CT molecular complexity index is 688. The highest BCUT2D eigenvalue weighted by molar-refractivity contribution is 5.83. The van der Waals surface area contributed by atoms with E-state index in [2.05, 4.69) is 16.0 Å². The van der Waals surface area contributed by atoms with Crippen LogP contribution in [0.1, 0.15) is 46.5 Å². The van der Waals surface area contributed by atoms with Crippen molar-refractivity contribution >= 4 is 29.5 Å². The molecule has 0 rings (SSSR count). The second-order valence-electron chi connectivity index (χ2n) is 8.40. The van der Waals surface area contributed by atoms with E-state index in [1.807, 2.05) is 13.8 Å². The van der Waals surface area contributed by atoms with Gasteiger partial charge in [0.25, 0.3) is 0 Å². The molecule has 0 saturated carbocycles. The first-order valence-electron chi connectivity index (χ1n) is 12.5. The Kier molecular flexibility index (Phi) is 21.0. The molecule has 3 amide bonds. The number of carboxylic acid groups (broad SMARTS) is 1. The lowest BCUT2D eigenvalue weighted by atomic mass is 10.1. The summed E-state index contributed by atoms with van der Waals surface area (Å²) in [6.45, 7) is 8.19. The highest BCUT2D eigenvalue weighted by Gasteiger charge is 2.19. The molecule has 0 fully saturated rings. The lowest BCUT2D eigenvalue weighted by molar-refractivity contribution is -0.141. The smallest absolute Gasteiger partial charge is 0.326 e. The summed E-state index contributed by atoms with van der Waals surface area (Å²) in [7, 11) is 0. The van der Waals surface area contributed by atoms with Crippen molar-refractivity contribution in [3.8, 4) is 0 Å². The molecule has 0 radical (unpaired) electrons. The second kappa shape index (κ2) is 22.6. The molecule has 0 spiro atoms. The fourth-order valence-electron chi connectivity index (χ4n) is 2.75. The quantitative estimate of drug-likeness (QED) is 0.120. The fraction of sp³-hybridized carbons (Fsp3) is 0.792. The highest BCUT2D eigenvalue weighted by Crippen LogP contribution is 1.99. The van der Waals surface area contributed by atoms with E-state index in [9.17, 15) is 24.0 Å². The Morgan fingerprint density at radius 3 is 1.59 bits per heavy atom. The molecule has 0 saturated heterocycles. The number of Topliss-reactive ketones (excluding diaryl/α,β-unsaturated/α-hetero) is 1. The van der Waals surface area contributed by atoms with Gasteiger partial charge in [-0.15, -0.1) is 0 Å². The number of hydrogen-bond donors (Lipinski definition) is 4. The third-order valence-corrected chi connectivity index (χ3v) is 4.83. The zero-order chi connectivity index (χ0) is 27.9. The van der Waals surface area contributed by atoms with Crippen molar-refractivity contribution in [1.82, 2.24) is 16.0 Å². The van der Waals surface area contributed by atoms with Gasteiger partial charge >= 0.3 is 5.97 Å². The minimum Gasteiger partial charge on any atom is -0.480 e. The van der Waals surface area contributed by atoms with E-state index in [-0.39, 0.29) is 62.5 Å². The first-order chi connectivity index (χ1) is 17.6. The monoisotopic (exact) mass is 533 g/mol. The molecule has 0 heterocycles. The molecule has 0 aliphatic carbocycles. The van der Waals surface area contributed by atoms with Gasteiger partial charge in [-0.25, -0.2) is 4.79 Å². The maximum Gasteiger partial charge on any atom is 0.326 e. The van der Waals surface area contributed by atoms with E-state index in [0.29, 0.717) is 52.6 Å². The van der Waals surface area contributed by atoms with Gasteiger partial charge in [-0.1, -0.05) is 13.8 Å². The second-order valence-corrected chi connectivity index (χ2v) is 8.40. The molecule has 13 heteroatoms. The van der Waals surface area contributed by atoms with Gasteiger partial charge in [-0.05, 0) is 6.42 Å². The summed E-state index contributed by atoms with van der Waals surface area (Å²) in [6, 6.07) is -1.10. The Morgan fingerprint density at radius 2 is 1.14 bits per heavy atom. The summed E-state index contributed by atoms with van der Waals surface area (Å²) < 4.78 is 21.3. The van der Waals surface area contributed by atoms with Gasteiger partial charge in [0.15, 0.2) is 0 Å². The van der Waals surface area contributed by atoms with Crippen LogP contribution in [-0.4, -0.2) is 107 Å². The number of carbonyl (C=O) groups is 5. The van der Waals surface area contributed by atoms with Crippen LogP contribution in [0.25, 0.3) is 0 Å². The van der Waals surface area contributed by atoms with Crippen LogP contribution in [0.15, 0.2) is 0 Å². The number of aliphatic carboxylic acids is 1. The largest absolute Gasteiger partial charge is 0.480 e. The molecular weight excluding hydrogens is 490 g/mol. The van der Waals surface area contributed by atoms with E-state index in [1.165, 1.54) is 6.92 Å². The molecule has 0 aromatic heterocycles. The number of ether oxygens (including phenoxy) is 4. The molecule has 0 aromatic rings. The van der Waals surface area contributed by atoms with Crippen LogP contribution in [0.4, 0.5) is 0 Å². The summed E-state index contributed by atoms with van der Waals surface area (Å²) in [5.74, 6) is -1.96. The fourth-order valence-corrected chi connectivity index (χ4v) is 2.75. The van der Waals surface area contributed by atoms with Crippen molar-refractivity contribution in [2.45, 2.75) is 52.5 Å². The van der Waals surface area contributed by atoms with Gasteiger partial charge in [0.2, 0.25) is 17.7 Å². The Labute approximate surface area is 218 Å². The van der Waals surface area contributed by atoms with Crippen molar-refractivity contribution in [3.05, 3.63) is 0 Å². The maximum atomic E-state index is 11.7. The molecule has 0 bridgehead atoms. The maximum absolute atomic E-state index is 11.7. The zero-order valence-electron chi connectivity index (χ0n) is 22.2. The molecule has 4 N–H and O–H groups in total. The van der Waals surface area contributed by atoms with Gasteiger partial charge in [0.1, 0.15) is 11.8 Å². The Balaban J connectivity index is 3.48. The Hall–Kier alpha value is -2.61. The predicted octanol–water partition coefficient (Wildman–Crippen LogP) is -0.340. The average Bonchev–Trinajstić information content (AvgIpc) is 2.83. The van der Waals surface area contributed by atoms with E-state index < -0.39 is 17.9 Å². The summed E-state index contributed by atoms with van der Waals surface area (Å²) in [4.78, 5) is 56.9. The van der Waals surface area contributed by atoms with Gasteiger partial charge in [0, 0.05) is 45.2 Å². The number of amides is 3. The lowest BCUT2D eigenvalue weighted by Crippen LogP contribution is -2.40. The van der Waals surface area contributed by atoms with Gasteiger partial charge in [-0.3, -0.25) is 19.2 Å². The van der Waals surface area contributed by atoms with E-state index in [1.54, 1.807) is 0 Å². The molecule has 37 heavy (non-hydrogen) atoms. The van der Waals surface area contributed by atoms with E-state index in [4.69, 9.17) is 24.1 Å². The van der Waals surface area contributed by atoms with Gasteiger partial charge in [-0.2, -0.15) is 0 Å². The minimum atomic E-state index is -1.19. The van der Waals surface area contributed by atoms with Crippen molar-refractivity contribution in [1.29, 1.82) is 0 Å². The van der Waals surface area contributed by atoms with Gasteiger partial charge < -0.3 is 40.0 Å². The molecule has 1 atom stereocenters. The van der Waals surface area contributed by atoms with Crippen LogP contribution in [-0.2, 0) is 42.9 Å². The molecule has 0 aliphatic heterocycles. The lowest BCUT2D eigenvalue weighted by Gasteiger charge is -2.13. The van der Waals surface area contributed by atoms with Gasteiger partial charge in [0.05, 0.1) is 52.9 Å². The summed E-state index contributed by atoms with van der Waals surface area (Å²) in [6.07, 6.45) is 0.568. The number of nitrogens with one attached hydrogen (secondary N) is 3. The molecule has 0 aliphatic rings. The van der Waals surface area contributed by atoms with E-state index >= 15 is 0 Å². The molecule has 0 unspecified atom stereocenters. The van der Waals surface area contributed by atoms with Crippen molar-refractivity contribution in [3.63, 3.8) is 0 Å². The van der Waals surface area contributed by atoms with Crippen LogP contribution in [0, 0.1) is 5.92 Å². The van der Waals surface area contributed by atoms with Crippen LogP contribution in [0.5, 0.6) is 0 Å². The SMILES string of the molecule is CC(=O)N[C@@H](CCC(=O)NCCOCCOCCC(=O)NCCOCCOCCC(=O)C(C)C)C(=O)O. The van der Waals surface area contributed by atoms with Crippen LogP contribution in [0.3, 0.4) is 0 Å². The third-order valence-electron chi connectivity index (χ3n) is 4.83. The first kappa shape index (κ1) is 34.4. The van der Waals surface area contributed by atoms with Crippen LogP contribution < -0.4 is 16.0 Å². The standard InChI is InChI=1S/C24H43N3O10/c1-18(2)21(29)6-10-34-14-16-37-13-9-26-23(31)7-11-35-15-17-36-12-8-25-22(30)5-4-20(24(32)33)27-19(3)28/h18,20H,4-17H2,1-3H3,(H,25,30)(H,26,31)(H,27,28)(H,32,33)/t20-/m0/s1. The number of carboxylic acids is 1. The number of rotatable bonds is 24. The first-order valence-corrected chi connectivity index (χ1v) is 12.5. The van der Waals surface area contributed by atoms with E-state index in [0.717, 1.165) is 0 Å². The predicted molar refractivity (Wildman–Crippen MR) is 133 cm³/mol. The van der Waals surface area contributed by atoms with Crippen molar-refractivity contribution in [2.24, 2.45) is 5.92 Å². The average molecular weight is 534 g/mol. The summed E-state index contributed by atoms with van der Waals surface area (Å²) in [5.41, 5.74) is 0. The number of carbonyl (C=O) groups excluding carboxylic acids is 4. The number of hydrogen-bond acceptors (Lipinski definition) is 9. The molecule has 0 aromatic carbocycles. The molecule has 13 nitrogen and oxygen atoms in total. The molecular formula is C24H43N3O10. The highest BCUT2D eigenvalue weighted by atomic mass is 16.5. The van der Waals surface area contributed by atoms with Crippen molar-refractivity contribution in [2.75, 3.05) is 65.9 Å². The topological polar surface area (TPSA) is 179 Å². The van der Waals surface area contributed by atoms with Crippen molar-refractivity contribution < 1.29 is 48.0 Å². The normalized spacial score (nSPS) is 11.7. The van der Waals surface area contributed by atoms with Crippen LogP contribution in [0.2, 0.25) is 0 Å².